The smallest absolute Gasteiger partial charge is 0.215 e. The molecule has 0 unspecified atom stereocenters. The van der Waals surface area contributed by atoms with Crippen molar-refractivity contribution in [3.05, 3.63) is 42.5 Å². The maximum absolute atomic E-state index is 2.49. The molecule has 3 rings (SSSR count). The Morgan fingerprint density at radius 2 is 1.19 bits per heavy atom. The highest BCUT2D eigenvalue weighted by Crippen LogP contribution is 2.25. The lowest BCUT2D eigenvalue weighted by Crippen LogP contribution is -2.37. The maximum atomic E-state index is 2.49. The number of nitrogens with zero attached hydrogens (tertiary/aromatic N) is 4. The molecule has 0 bridgehead atoms. The van der Waals surface area contributed by atoms with Gasteiger partial charge in [0, 0.05) is 75.4 Å². The summed E-state index contributed by atoms with van der Waals surface area (Å²) in [5.74, 6) is 0. The van der Waals surface area contributed by atoms with Crippen molar-refractivity contribution >= 4 is 33.2 Å². The molecule has 0 fully saturated rings. The molecule has 138 valence electrons. The molecular formula is C22H31N4+. The Morgan fingerprint density at radius 3 is 1.62 bits per heavy atom. The number of rotatable bonds is 6. The number of pyridine rings is 1. The van der Waals surface area contributed by atoms with Crippen LogP contribution in [0.15, 0.2) is 42.5 Å². The van der Waals surface area contributed by atoms with Gasteiger partial charge >= 0.3 is 0 Å². The maximum Gasteiger partial charge on any atom is 0.215 e. The molecule has 0 saturated carbocycles. The van der Waals surface area contributed by atoms with Crippen molar-refractivity contribution in [2.75, 3.05) is 58.6 Å². The van der Waals surface area contributed by atoms with Gasteiger partial charge in [0.05, 0.1) is 0 Å². The van der Waals surface area contributed by atoms with Crippen LogP contribution in [0, 0.1) is 0 Å². The second-order valence-electron chi connectivity index (χ2n) is 7.73. The summed E-state index contributed by atoms with van der Waals surface area (Å²) in [4.78, 5) is 6.60. The van der Waals surface area contributed by atoms with Gasteiger partial charge < -0.3 is 14.7 Å². The van der Waals surface area contributed by atoms with Gasteiger partial charge in [-0.15, -0.1) is 0 Å². The normalized spacial score (nSPS) is 11.5. The number of anilines is 2. The number of hydrogen-bond donors (Lipinski definition) is 0. The van der Waals surface area contributed by atoms with E-state index in [1.54, 1.807) is 0 Å². The number of aryl methyl sites for hydroxylation is 1. The van der Waals surface area contributed by atoms with E-state index >= 15 is 0 Å². The van der Waals surface area contributed by atoms with Gasteiger partial charge in [0.25, 0.3) is 0 Å². The molecule has 0 spiro atoms. The van der Waals surface area contributed by atoms with Gasteiger partial charge in [-0.2, -0.15) is 4.57 Å². The lowest BCUT2D eigenvalue weighted by atomic mass is 10.1. The highest BCUT2D eigenvalue weighted by molar-refractivity contribution is 5.91. The minimum Gasteiger partial charge on any atom is -0.377 e. The van der Waals surface area contributed by atoms with Gasteiger partial charge in [0.15, 0.2) is 6.54 Å². The Kier molecular flexibility index (Phi) is 5.33. The second-order valence-corrected chi connectivity index (χ2v) is 7.73. The fourth-order valence-electron chi connectivity index (χ4n) is 3.42. The Labute approximate surface area is 157 Å². The Bertz CT molecular complexity index is 847. The van der Waals surface area contributed by atoms with E-state index in [9.17, 15) is 0 Å². The van der Waals surface area contributed by atoms with E-state index in [2.05, 4.69) is 104 Å². The summed E-state index contributed by atoms with van der Waals surface area (Å²) in [5, 5.41) is 2.59. The topological polar surface area (TPSA) is 13.6 Å². The van der Waals surface area contributed by atoms with Crippen molar-refractivity contribution in [1.82, 2.24) is 4.90 Å². The predicted octanol–water partition coefficient (Wildman–Crippen LogP) is 3.36. The third kappa shape index (κ3) is 3.75. The molecule has 26 heavy (non-hydrogen) atoms. The van der Waals surface area contributed by atoms with Crippen LogP contribution in [-0.2, 0) is 6.54 Å². The van der Waals surface area contributed by atoms with Crippen molar-refractivity contribution < 1.29 is 4.57 Å². The zero-order valence-electron chi connectivity index (χ0n) is 17.0. The first kappa shape index (κ1) is 18.5. The molecule has 2 aromatic carbocycles. The standard InChI is InChI=1S/C22H31N4/c1-23(2)12-7-13-26-21-15-19(24(3)4)10-8-17(21)14-18-9-11-20(25(5)6)16-22(18)26/h8-11,14-16H,7,12-13H2,1-6H3/q+1. The summed E-state index contributed by atoms with van der Waals surface area (Å²) in [7, 11) is 12.7. The Morgan fingerprint density at radius 1 is 0.692 bits per heavy atom. The summed E-state index contributed by atoms with van der Waals surface area (Å²) >= 11 is 0. The number of benzene rings is 2. The first-order chi connectivity index (χ1) is 12.4. The van der Waals surface area contributed by atoms with E-state index in [1.807, 2.05) is 0 Å². The van der Waals surface area contributed by atoms with Crippen molar-refractivity contribution in [3.63, 3.8) is 0 Å². The lowest BCUT2D eigenvalue weighted by Gasteiger charge is -2.15. The van der Waals surface area contributed by atoms with E-state index in [4.69, 9.17) is 0 Å². The van der Waals surface area contributed by atoms with E-state index in [0.717, 1.165) is 19.5 Å². The van der Waals surface area contributed by atoms with Gasteiger partial charge in [-0.1, -0.05) is 0 Å². The monoisotopic (exact) mass is 351 g/mol. The molecular weight excluding hydrogens is 320 g/mol. The highest BCUT2D eigenvalue weighted by Gasteiger charge is 2.17. The van der Waals surface area contributed by atoms with Crippen molar-refractivity contribution in [1.29, 1.82) is 0 Å². The van der Waals surface area contributed by atoms with E-state index in [-0.39, 0.29) is 0 Å². The molecule has 0 amide bonds. The zero-order valence-corrected chi connectivity index (χ0v) is 17.0. The van der Waals surface area contributed by atoms with Crippen LogP contribution in [0.25, 0.3) is 21.8 Å². The number of hydrogen-bond acceptors (Lipinski definition) is 3. The van der Waals surface area contributed by atoms with Crippen LogP contribution in [-0.4, -0.2) is 53.7 Å². The van der Waals surface area contributed by atoms with Crippen LogP contribution in [0.4, 0.5) is 11.4 Å². The van der Waals surface area contributed by atoms with Crippen molar-refractivity contribution in [3.8, 4) is 0 Å². The highest BCUT2D eigenvalue weighted by atomic mass is 15.1. The van der Waals surface area contributed by atoms with Gasteiger partial charge in [0.2, 0.25) is 11.0 Å². The van der Waals surface area contributed by atoms with Gasteiger partial charge in [0.1, 0.15) is 0 Å². The first-order valence-electron chi connectivity index (χ1n) is 9.26. The summed E-state index contributed by atoms with van der Waals surface area (Å²) in [5.41, 5.74) is 5.08. The fourth-order valence-corrected chi connectivity index (χ4v) is 3.42. The molecule has 0 aliphatic heterocycles. The lowest BCUT2D eigenvalue weighted by molar-refractivity contribution is -0.645. The molecule has 0 saturated heterocycles. The molecule has 0 aliphatic rings. The quantitative estimate of drug-likeness (QED) is 0.499. The largest absolute Gasteiger partial charge is 0.377 e. The van der Waals surface area contributed by atoms with E-state index in [1.165, 1.54) is 33.2 Å². The third-order valence-corrected chi connectivity index (χ3v) is 4.94. The Hall–Kier alpha value is -2.33. The predicted molar refractivity (Wildman–Crippen MR) is 113 cm³/mol. The minimum atomic E-state index is 1.01. The van der Waals surface area contributed by atoms with Crippen LogP contribution in [0.1, 0.15) is 6.42 Å². The summed E-state index contributed by atoms with van der Waals surface area (Å²) in [6.07, 6.45) is 1.13. The van der Waals surface area contributed by atoms with Crippen LogP contribution >= 0.6 is 0 Å². The summed E-state index contributed by atoms with van der Waals surface area (Å²) in [6.45, 7) is 2.10. The molecule has 0 aliphatic carbocycles. The molecule has 1 heterocycles. The summed E-state index contributed by atoms with van der Waals surface area (Å²) < 4.78 is 2.49. The number of fused-ring (bicyclic) bond motifs is 2. The SMILES string of the molecule is CN(C)CCC[n+]1c2cc(N(C)C)ccc2cc2ccc(N(C)C)cc21. The van der Waals surface area contributed by atoms with Crippen LogP contribution < -0.4 is 14.4 Å². The minimum absolute atomic E-state index is 1.01. The van der Waals surface area contributed by atoms with Crippen molar-refractivity contribution in [2.24, 2.45) is 0 Å². The average molecular weight is 352 g/mol. The fraction of sp³-hybridized carbons (Fsp3) is 0.409. The molecule has 0 N–H and O–H groups in total. The van der Waals surface area contributed by atoms with Gasteiger partial charge in [-0.25, -0.2) is 0 Å². The van der Waals surface area contributed by atoms with Crippen LogP contribution in [0.3, 0.4) is 0 Å². The Balaban J connectivity index is 2.22. The first-order valence-corrected chi connectivity index (χ1v) is 9.26. The third-order valence-electron chi connectivity index (χ3n) is 4.94. The van der Waals surface area contributed by atoms with Crippen LogP contribution in [0.5, 0.6) is 0 Å². The van der Waals surface area contributed by atoms with E-state index < -0.39 is 0 Å². The number of aromatic nitrogens is 1. The average Bonchev–Trinajstić information content (AvgIpc) is 2.59. The summed E-state index contributed by atoms with van der Waals surface area (Å²) in [6, 6.07) is 15.8. The molecule has 4 nitrogen and oxygen atoms in total. The second kappa shape index (κ2) is 7.50. The van der Waals surface area contributed by atoms with Gasteiger partial charge in [-0.3, -0.25) is 0 Å². The van der Waals surface area contributed by atoms with E-state index in [0.29, 0.717) is 0 Å². The molecule has 4 heteroatoms. The molecule has 3 aromatic rings. The zero-order chi connectivity index (χ0) is 18.8. The van der Waals surface area contributed by atoms with Gasteiger partial charge in [-0.05, 0) is 44.4 Å². The molecule has 0 radical (unpaired) electrons. The van der Waals surface area contributed by atoms with Crippen LogP contribution in [0.2, 0.25) is 0 Å². The molecule has 0 atom stereocenters. The van der Waals surface area contributed by atoms with Crippen molar-refractivity contribution in [2.45, 2.75) is 13.0 Å². The molecule has 1 aromatic heterocycles.